The zero-order valence-corrected chi connectivity index (χ0v) is 26.3. The average Bonchev–Trinajstić information content (AvgIpc) is 3.41. The van der Waals surface area contributed by atoms with Gasteiger partial charge >= 0.3 is 5.69 Å². The van der Waals surface area contributed by atoms with Crippen LogP contribution in [0.15, 0.2) is 107 Å². The zero-order chi connectivity index (χ0) is 30.8. The number of aromatic nitrogens is 2. The topological polar surface area (TPSA) is 69.8 Å². The number of nitrogens with two attached hydrogens (primary N) is 1. The minimum atomic E-state index is -0.780. The highest BCUT2D eigenvalue weighted by Crippen LogP contribution is 2.37. The SMILES string of the molecule is COc1ccc(-c2sc3c(c2C[NH2+]Cc2ccccc2)c(=O)n(-c2ccc(Cl)cc2)c(=O)n3Cc2c(F)cccc2F)cc1.[Cl-]. The van der Waals surface area contributed by atoms with Crippen molar-refractivity contribution in [2.24, 2.45) is 0 Å². The molecular formula is C34H27Cl2F2N3O3S. The number of fused-ring (bicyclic) bond motifs is 1. The average molecular weight is 667 g/mol. The Morgan fingerprint density at radius 1 is 0.822 bits per heavy atom. The molecule has 0 saturated heterocycles. The zero-order valence-electron chi connectivity index (χ0n) is 24.0. The van der Waals surface area contributed by atoms with Crippen molar-refractivity contribution in [1.82, 2.24) is 9.13 Å². The van der Waals surface area contributed by atoms with Crippen molar-refractivity contribution in [2.75, 3.05) is 7.11 Å². The maximum atomic E-state index is 14.9. The molecule has 230 valence electrons. The Morgan fingerprint density at radius 2 is 1.49 bits per heavy atom. The van der Waals surface area contributed by atoms with Crippen LogP contribution in [0.25, 0.3) is 26.3 Å². The highest BCUT2D eigenvalue weighted by atomic mass is 35.5. The highest BCUT2D eigenvalue weighted by molar-refractivity contribution is 7.22. The summed E-state index contributed by atoms with van der Waals surface area (Å²) in [4.78, 5) is 29.5. The summed E-state index contributed by atoms with van der Waals surface area (Å²) in [7, 11) is 1.58. The Morgan fingerprint density at radius 3 is 2.13 bits per heavy atom. The number of nitrogens with zero attached hydrogens (tertiary/aromatic N) is 2. The van der Waals surface area contributed by atoms with Crippen LogP contribution in [0.5, 0.6) is 5.75 Å². The Balaban J connectivity index is 0.00000400. The number of halogens is 4. The molecule has 45 heavy (non-hydrogen) atoms. The summed E-state index contributed by atoms with van der Waals surface area (Å²) in [5, 5.41) is 2.84. The molecule has 6 rings (SSSR count). The fourth-order valence-electron chi connectivity index (χ4n) is 5.24. The van der Waals surface area contributed by atoms with E-state index in [2.05, 4.69) is 5.32 Å². The molecule has 2 N–H and O–H groups in total. The summed E-state index contributed by atoms with van der Waals surface area (Å²) in [5.74, 6) is -0.889. The lowest BCUT2D eigenvalue weighted by Crippen LogP contribution is -3.00. The van der Waals surface area contributed by atoms with Gasteiger partial charge in [0.1, 0.15) is 35.3 Å². The molecular weight excluding hydrogens is 639 g/mol. The number of rotatable bonds is 9. The first-order valence-corrected chi connectivity index (χ1v) is 15.0. The first-order valence-electron chi connectivity index (χ1n) is 13.9. The van der Waals surface area contributed by atoms with Crippen molar-refractivity contribution in [2.45, 2.75) is 19.6 Å². The number of hydrogen-bond donors (Lipinski definition) is 1. The fourth-order valence-corrected chi connectivity index (χ4v) is 6.68. The van der Waals surface area contributed by atoms with Gasteiger partial charge < -0.3 is 22.5 Å². The van der Waals surface area contributed by atoms with E-state index in [1.165, 1.54) is 22.0 Å². The molecule has 0 atom stereocenters. The van der Waals surface area contributed by atoms with E-state index < -0.39 is 29.4 Å². The molecule has 11 heteroatoms. The van der Waals surface area contributed by atoms with Crippen LogP contribution in [0.4, 0.5) is 8.78 Å². The third kappa shape index (κ3) is 6.43. The molecule has 0 radical (unpaired) electrons. The molecule has 0 aliphatic carbocycles. The number of hydrogen-bond acceptors (Lipinski definition) is 4. The minimum Gasteiger partial charge on any atom is -1.00 e. The van der Waals surface area contributed by atoms with Crippen molar-refractivity contribution in [1.29, 1.82) is 0 Å². The van der Waals surface area contributed by atoms with Gasteiger partial charge in [-0.2, -0.15) is 0 Å². The number of thiophene rings is 1. The molecule has 0 aliphatic heterocycles. The largest absolute Gasteiger partial charge is 1.00 e. The lowest BCUT2D eigenvalue weighted by molar-refractivity contribution is -0.686. The van der Waals surface area contributed by atoms with Crippen LogP contribution in [0.1, 0.15) is 16.7 Å². The van der Waals surface area contributed by atoms with E-state index in [0.717, 1.165) is 38.3 Å². The van der Waals surface area contributed by atoms with Crippen LogP contribution in [-0.4, -0.2) is 16.2 Å². The molecule has 2 aromatic heterocycles. The van der Waals surface area contributed by atoms with Crippen LogP contribution >= 0.6 is 22.9 Å². The van der Waals surface area contributed by atoms with Gasteiger partial charge in [0, 0.05) is 26.6 Å². The monoisotopic (exact) mass is 665 g/mol. The summed E-state index contributed by atoms with van der Waals surface area (Å²) in [5.41, 5.74) is 1.46. The van der Waals surface area contributed by atoms with Crippen LogP contribution in [-0.2, 0) is 19.6 Å². The second-order valence-corrected chi connectivity index (χ2v) is 11.6. The summed E-state index contributed by atoms with van der Waals surface area (Å²) in [6.07, 6.45) is 0. The van der Waals surface area contributed by atoms with Gasteiger partial charge in [-0.3, -0.25) is 9.36 Å². The molecule has 0 amide bonds. The van der Waals surface area contributed by atoms with Crippen molar-refractivity contribution in [3.63, 3.8) is 0 Å². The predicted octanol–water partition coefficient (Wildman–Crippen LogP) is 3.14. The van der Waals surface area contributed by atoms with Gasteiger partial charge in [-0.15, -0.1) is 11.3 Å². The fraction of sp³-hybridized carbons (Fsp3) is 0.118. The third-order valence-electron chi connectivity index (χ3n) is 7.46. The van der Waals surface area contributed by atoms with Crippen molar-refractivity contribution < 1.29 is 31.2 Å². The Hall–Kier alpha value is -4.28. The van der Waals surface area contributed by atoms with Gasteiger partial charge in [0.2, 0.25) is 0 Å². The van der Waals surface area contributed by atoms with E-state index in [9.17, 15) is 18.4 Å². The molecule has 0 aliphatic rings. The first kappa shape index (κ1) is 32.1. The lowest BCUT2D eigenvalue weighted by atomic mass is 10.1. The normalized spacial score (nSPS) is 11.0. The van der Waals surface area contributed by atoms with Crippen molar-refractivity contribution in [3.8, 4) is 21.9 Å². The third-order valence-corrected chi connectivity index (χ3v) is 9.02. The molecule has 0 bridgehead atoms. The molecule has 0 spiro atoms. The Bertz CT molecular complexity index is 2060. The van der Waals surface area contributed by atoms with Gasteiger partial charge in [-0.25, -0.2) is 18.1 Å². The van der Waals surface area contributed by atoms with Crippen molar-refractivity contribution >= 4 is 33.2 Å². The van der Waals surface area contributed by atoms with Gasteiger partial charge in [-0.1, -0.05) is 48.0 Å². The van der Waals surface area contributed by atoms with E-state index in [0.29, 0.717) is 39.8 Å². The van der Waals surface area contributed by atoms with Crippen molar-refractivity contribution in [3.05, 3.63) is 151 Å². The minimum absolute atomic E-state index is 0. The summed E-state index contributed by atoms with van der Waals surface area (Å²) < 4.78 is 37.5. The number of methoxy groups -OCH3 is 1. The quantitative estimate of drug-likeness (QED) is 0.258. The van der Waals surface area contributed by atoms with E-state index in [1.54, 1.807) is 31.4 Å². The molecule has 6 aromatic rings. The number of quaternary nitrogens is 1. The smallest absolute Gasteiger partial charge is 0.337 e. The maximum Gasteiger partial charge on any atom is 0.337 e. The molecule has 2 heterocycles. The van der Waals surface area contributed by atoms with E-state index in [-0.39, 0.29) is 18.0 Å². The van der Waals surface area contributed by atoms with E-state index >= 15 is 0 Å². The summed E-state index contributed by atoms with van der Waals surface area (Å²) in [6, 6.07) is 27.3. The van der Waals surface area contributed by atoms with Gasteiger partial charge in [0.25, 0.3) is 5.56 Å². The molecule has 0 unspecified atom stereocenters. The predicted molar refractivity (Wildman–Crippen MR) is 170 cm³/mol. The van der Waals surface area contributed by atoms with Gasteiger partial charge in [-0.05, 0) is 66.2 Å². The van der Waals surface area contributed by atoms with Gasteiger partial charge in [0.15, 0.2) is 0 Å². The number of benzene rings is 4. The second-order valence-electron chi connectivity index (χ2n) is 10.2. The Labute approximate surface area is 272 Å². The summed E-state index contributed by atoms with van der Waals surface area (Å²) >= 11 is 7.36. The van der Waals surface area contributed by atoms with Crippen LogP contribution in [0, 0.1) is 11.6 Å². The van der Waals surface area contributed by atoms with E-state index in [4.69, 9.17) is 16.3 Å². The Kier molecular flexibility index (Phi) is 9.84. The molecule has 4 aromatic carbocycles. The molecule has 0 saturated carbocycles. The van der Waals surface area contributed by atoms with Crippen LogP contribution < -0.4 is 33.7 Å². The first-order chi connectivity index (χ1) is 21.4. The standard InChI is InChI=1S/C34H26ClF2N3O3S.ClH/c1-43-25-16-10-22(11-17-25)31-26(19-38-18-21-6-3-2-4-7-21)30-32(41)40(24-14-12-23(35)13-15-24)34(42)39(33(30)44-31)20-27-28(36)8-5-9-29(27)37;/h2-17,38H,18-20H2,1H3;1H. The summed E-state index contributed by atoms with van der Waals surface area (Å²) in [6.45, 7) is 0.668. The van der Waals surface area contributed by atoms with Gasteiger partial charge in [0.05, 0.1) is 24.7 Å². The highest BCUT2D eigenvalue weighted by Gasteiger charge is 2.25. The molecule has 0 fully saturated rings. The second kappa shape index (κ2) is 13.8. The van der Waals surface area contributed by atoms with Crippen LogP contribution in [0.3, 0.4) is 0 Å². The van der Waals surface area contributed by atoms with Crippen LogP contribution in [0.2, 0.25) is 5.02 Å². The van der Waals surface area contributed by atoms with E-state index in [1.807, 2.05) is 54.6 Å². The number of ether oxygens (including phenoxy) is 1. The lowest BCUT2D eigenvalue weighted by Gasteiger charge is -2.14. The maximum absolute atomic E-state index is 14.9. The molecule has 6 nitrogen and oxygen atoms in total.